The maximum absolute atomic E-state index is 12.2. The molecule has 0 fully saturated rings. The number of rotatable bonds is 3. The molecule has 1 N–H and O–H groups in total. The minimum Gasteiger partial charge on any atom is -0.508 e. The summed E-state index contributed by atoms with van der Waals surface area (Å²) in [6.07, 6.45) is 0. The average Bonchev–Trinajstić information content (AvgIpc) is 2.83. The number of phenols is 1. The topological polar surface area (TPSA) is 57.6 Å². The van der Waals surface area contributed by atoms with Gasteiger partial charge in [0.15, 0.2) is 0 Å². The van der Waals surface area contributed by atoms with Crippen molar-refractivity contribution in [2.24, 2.45) is 0 Å². The molecule has 1 aromatic carbocycles. The first-order chi connectivity index (χ1) is 8.01. The smallest absolute Gasteiger partial charge is 0.273 e. The Morgan fingerprint density at radius 1 is 1.18 bits per heavy atom. The number of benzene rings is 1. The molecule has 2 aromatic rings. The van der Waals surface area contributed by atoms with Crippen LogP contribution in [0.1, 0.15) is 0 Å². The van der Waals surface area contributed by atoms with Crippen LogP contribution in [0.2, 0.25) is 0 Å². The average molecular weight is 269 g/mol. The molecule has 2 rings (SSSR count). The van der Waals surface area contributed by atoms with Crippen LogP contribution >= 0.6 is 11.3 Å². The van der Waals surface area contributed by atoms with E-state index in [1.165, 1.54) is 34.8 Å². The summed E-state index contributed by atoms with van der Waals surface area (Å²) < 4.78 is 25.8. The van der Waals surface area contributed by atoms with Gasteiger partial charge in [-0.05, 0) is 35.7 Å². The predicted octanol–water partition coefficient (Wildman–Crippen LogP) is 2.28. The van der Waals surface area contributed by atoms with Crippen LogP contribution in [0.3, 0.4) is 0 Å². The lowest BCUT2D eigenvalue weighted by Crippen LogP contribution is -2.25. The Bertz CT molecular complexity index is 588. The second kappa shape index (κ2) is 4.38. The number of hydrogen-bond donors (Lipinski definition) is 1. The molecule has 17 heavy (non-hydrogen) atoms. The van der Waals surface area contributed by atoms with Gasteiger partial charge in [0.2, 0.25) is 0 Å². The summed E-state index contributed by atoms with van der Waals surface area (Å²) >= 11 is 1.18. The molecule has 0 saturated carbocycles. The van der Waals surface area contributed by atoms with Crippen LogP contribution in [0.5, 0.6) is 5.75 Å². The Balaban J connectivity index is 2.38. The van der Waals surface area contributed by atoms with Gasteiger partial charge < -0.3 is 5.11 Å². The van der Waals surface area contributed by atoms with E-state index in [-0.39, 0.29) is 5.75 Å². The zero-order valence-electron chi connectivity index (χ0n) is 9.07. The first-order valence-electron chi connectivity index (χ1n) is 4.83. The summed E-state index contributed by atoms with van der Waals surface area (Å²) in [7, 11) is -2.00. The summed E-state index contributed by atoms with van der Waals surface area (Å²) in [6.45, 7) is 0. The van der Waals surface area contributed by atoms with E-state index in [1.807, 2.05) is 0 Å². The molecule has 0 aliphatic carbocycles. The molecule has 0 atom stereocenters. The number of hydrogen-bond acceptors (Lipinski definition) is 4. The molecule has 4 nitrogen and oxygen atoms in total. The fourth-order valence-corrected chi connectivity index (χ4v) is 3.70. The lowest BCUT2D eigenvalue weighted by molar-refractivity contribution is 0.475. The Morgan fingerprint density at radius 3 is 2.35 bits per heavy atom. The van der Waals surface area contributed by atoms with E-state index in [1.54, 1.807) is 29.6 Å². The first kappa shape index (κ1) is 11.9. The summed E-state index contributed by atoms with van der Waals surface area (Å²) in [5.74, 6) is 0.107. The number of anilines is 1. The van der Waals surface area contributed by atoms with Crippen molar-refractivity contribution in [3.05, 3.63) is 41.8 Å². The highest BCUT2D eigenvalue weighted by atomic mass is 32.2. The summed E-state index contributed by atoms with van der Waals surface area (Å²) in [5.41, 5.74) is 0.510. The molecular formula is C11H11NO3S2. The third-order valence-corrected chi connectivity index (χ3v) is 5.48. The van der Waals surface area contributed by atoms with Crippen LogP contribution in [0, 0.1) is 0 Å². The molecule has 0 bridgehead atoms. The quantitative estimate of drug-likeness (QED) is 0.930. The van der Waals surface area contributed by atoms with E-state index >= 15 is 0 Å². The van der Waals surface area contributed by atoms with Gasteiger partial charge in [0.05, 0.1) is 5.69 Å². The van der Waals surface area contributed by atoms with Crippen LogP contribution in [-0.4, -0.2) is 20.6 Å². The maximum atomic E-state index is 12.2. The Hall–Kier alpha value is -1.53. The van der Waals surface area contributed by atoms with Gasteiger partial charge >= 0.3 is 0 Å². The maximum Gasteiger partial charge on any atom is 0.273 e. The van der Waals surface area contributed by atoms with E-state index in [9.17, 15) is 8.42 Å². The van der Waals surface area contributed by atoms with Gasteiger partial charge in [-0.15, -0.1) is 11.3 Å². The van der Waals surface area contributed by atoms with E-state index in [2.05, 4.69) is 0 Å². The van der Waals surface area contributed by atoms with Gasteiger partial charge in [-0.3, -0.25) is 4.31 Å². The summed E-state index contributed by atoms with van der Waals surface area (Å²) in [6, 6.07) is 9.28. The van der Waals surface area contributed by atoms with Gasteiger partial charge in [-0.2, -0.15) is 0 Å². The summed E-state index contributed by atoms with van der Waals surface area (Å²) in [4.78, 5) is 0. The normalized spacial score (nSPS) is 11.4. The number of thiophene rings is 1. The molecular weight excluding hydrogens is 258 g/mol. The molecule has 1 heterocycles. The summed E-state index contributed by atoms with van der Waals surface area (Å²) in [5, 5.41) is 10.9. The van der Waals surface area contributed by atoms with Crippen molar-refractivity contribution in [1.29, 1.82) is 0 Å². The van der Waals surface area contributed by atoms with Gasteiger partial charge in [0.25, 0.3) is 10.0 Å². The van der Waals surface area contributed by atoms with Crippen molar-refractivity contribution < 1.29 is 13.5 Å². The lowest BCUT2D eigenvalue weighted by atomic mass is 10.3. The highest BCUT2D eigenvalue weighted by molar-refractivity contribution is 7.94. The molecule has 0 aliphatic rings. The number of sulfonamides is 1. The van der Waals surface area contributed by atoms with Gasteiger partial charge in [-0.25, -0.2) is 8.42 Å². The third kappa shape index (κ3) is 2.27. The molecule has 0 unspecified atom stereocenters. The minimum absolute atomic E-state index is 0.107. The van der Waals surface area contributed by atoms with Crippen LogP contribution in [0.25, 0.3) is 0 Å². The lowest BCUT2D eigenvalue weighted by Gasteiger charge is -2.18. The zero-order valence-corrected chi connectivity index (χ0v) is 10.7. The second-order valence-corrected chi connectivity index (χ2v) is 6.56. The fraction of sp³-hybridized carbons (Fsp3) is 0.0909. The van der Waals surface area contributed by atoms with Crippen LogP contribution in [0.15, 0.2) is 46.0 Å². The Kier molecular flexibility index (Phi) is 3.08. The molecule has 0 spiro atoms. The molecule has 6 heteroatoms. The van der Waals surface area contributed by atoms with Crippen molar-refractivity contribution in [3.8, 4) is 5.75 Å². The van der Waals surface area contributed by atoms with Crippen LogP contribution < -0.4 is 4.31 Å². The van der Waals surface area contributed by atoms with Crippen molar-refractivity contribution >= 4 is 27.0 Å². The van der Waals surface area contributed by atoms with Crippen molar-refractivity contribution in [1.82, 2.24) is 0 Å². The molecule has 0 amide bonds. The molecule has 0 saturated heterocycles. The predicted molar refractivity (Wildman–Crippen MR) is 68.0 cm³/mol. The monoisotopic (exact) mass is 269 g/mol. The molecule has 0 aliphatic heterocycles. The van der Waals surface area contributed by atoms with Gasteiger partial charge in [0.1, 0.15) is 9.96 Å². The number of nitrogens with zero attached hydrogens (tertiary/aromatic N) is 1. The highest BCUT2D eigenvalue weighted by Crippen LogP contribution is 2.26. The first-order valence-corrected chi connectivity index (χ1v) is 7.15. The van der Waals surface area contributed by atoms with Crippen LogP contribution in [-0.2, 0) is 10.0 Å². The van der Waals surface area contributed by atoms with E-state index < -0.39 is 10.0 Å². The zero-order chi connectivity index (χ0) is 12.5. The Morgan fingerprint density at radius 2 is 1.82 bits per heavy atom. The van der Waals surface area contributed by atoms with Crippen molar-refractivity contribution in [3.63, 3.8) is 0 Å². The molecule has 90 valence electrons. The second-order valence-electron chi connectivity index (χ2n) is 3.42. The minimum atomic E-state index is -3.49. The number of aromatic hydroxyl groups is 1. The van der Waals surface area contributed by atoms with E-state index in [0.717, 1.165) is 0 Å². The standard InChI is InChI=1S/C11H11NO3S2/c1-12(9-4-6-10(13)7-5-9)17(14,15)11-3-2-8-16-11/h2-8,13H,1H3. The van der Waals surface area contributed by atoms with E-state index in [0.29, 0.717) is 9.90 Å². The largest absolute Gasteiger partial charge is 0.508 e. The molecule has 0 radical (unpaired) electrons. The van der Waals surface area contributed by atoms with Gasteiger partial charge in [-0.1, -0.05) is 6.07 Å². The number of phenolic OH excluding ortho intramolecular Hbond substituents is 1. The SMILES string of the molecule is CN(c1ccc(O)cc1)S(=O)(=O)c1cccs1. The van der Waals surface area contributed by atoms with Gasteiger partial charge in [0, 0.05) is 7.05 Å². The molecule has 1 aromatic heterocycles. The third-order valence-electron chi connectivity index (χ3n) is 2.32. The highest BCUT2D eigenvalue weighted by Gasteiger charge is 2.21. The van der Waals surface area contributed by atoms with Crippen molar-refractivity contribution in [2.75, 3.05) is 11.4 Å². The van der Waals surface area contributed by atoms with E-state index in [4.69, 9.17) is 5.11 Å². The fourth-order valence-electron chi connectivity index (χ4n) is 1.35. The van der Waals surface area contributed by atoms with Crippen molar-refractivity contribution in [2.45, 2.75) is 4.21 Å². The van der Waals surface area contributed by atoms with Crippen LogP contribution in [0.4, 0.5) is 5.69 Å². The Labute approximate surface area is 104 Å².